The van der Waals surface area contributed by atoms with Gasteiger partial charge >= 0.3 is 11.9 Å². The number of carbonyl (C=O) groups excluding carboxylic acids is 1. The highest BCUT2D eigenvalue weighted by Crippen LogP contribution is 2.29. The molecule has 1 heterocycles. The van der Waals surface area contributed by atoms with Gasteiger partial charge < -0.3 is 20.1 Å². The number of aliphatic carboxylic acids is 1. The second-order valence-corrected chi connectivity index (χ2v) is 10.5. The minimum absolute atomic E-state index is 0.0893. The van der Waals surface area contributed by atoms with Crippen molar-refractivity contribution >= 4 is 11.9 Å². The summed E-state index contributed by atoms with van der Waals surface area (Å²) in [4.78, 5) is 24.1. The molecule has 0 aliphatic carbocycles. The summed E-state index contributed by atoms with van der Waals surface area (Å²) in [5, 5.41) is 40.2. The van der Waals surface area contributed by atoms with Gasteiger partial charge in [0.05, 0.1) is 36.2 Å². The first-order valence-electron chi connectivity index (χ1n) is 12.4. The van der Waals surface area contributed by atoms with Crippen LogP contribution in [0.3, 0.4) is 0 Å². The lowest BCUT2D eigenvalue weighted by Crippen LogP contribution is -2.34. The van der Waals surface area contributed by atoms with Crippen LogP contribution in [0.2, 0.25) is 0 Å². The van der Waals surface area contributed by atoms with E-state index in [0.717, 1.165) is 19.3 Å². The number of nitriles is 1. The Morgan fingerprint density at radius 1 is 1.09 bits per heavy atom. The predicted molar refractivity (Wildman–Crippen MR) is 130 cm³/mol. The quantitative estimate of drug-likeness (QED) is 0.511. The maximum absolute atomic E-state index is 12.6. The van der Waals surface area contributed by atoms with Gasteiger partial charge in [-0.1, -0.05) is 53.7 Å². The van der Waals surface area contributed by atoms with Crippen LogP contribution in [0.15, 0.2) is 23.8 Å². The number of ether oxygens (including phenoxy) is 1. The van der Waals surface area contributed by atoms with E-state index in [2.05, 4.69) is 19.9 Å². The second kappa shape index (κ2) is 14.3. The number of nitrogens with zero attached hydrogens (tertiary/aromatic N) is 1. The third-order valence-corrected chi connectivity index (χ3v) is 7.20. The van der Waals surface area contributed by atoms with Crippen molar-refractivity contribution in [2.45, 2.75) is 92.0 Å². The standard InChI is InChI=1S/C27H43NO6/c1-16-11-17(2)13-19(4)26(31)22(15-28)9-7-8-10-24(20(5)21(6)27(32)33)34-25(30)14-23(29)18(3)12-16/h7-9,16-21,23-24,26,29,31H,10-14H2,1-6H3,(H,32,33)/b8-7+,22-9-/t16-,17+,18-,19-,20+,21+,23-,24-,26+/m0/s1. The first kappa shape index (κ1) is 29.9. The van der Waals surface area contributed by atoms with Crippen molar-refractivity contribution in [2.75, 3.05) is 0 Å². The number of rotatable bonds is 3. The topological polar surface area (TPSA) is 128 Å². The van der Waals surface area contributed by atoms with E-state index in [0.29, 0.717) is 11.8 Å². The highest BCUT2D eigenvalue weighted by molar-refractivity contribution is 5.71. The van der Waals surface area contributed by atoms with Gasteiger partial charge in [0.25, 0.3) is 0 Å². The molecule has 1 aliphatic heterocycles. The molecule has 192 valence electrons. The van der Waals surface area contributed by atoms with E-state index in [9.17, 15) is 30.2 Å². The first-order chi connectivity index (χ1) is 15.9. The third-order valence-electron chi connectivity index (χ3n) is 7.20. The van der Waals surface area contributed by atoms with Gasteiger partial charge in [0.2, 0.25) is 0 Å². The molecule has 0 spiro atoms. The smallest absolute Gasteiger partial charge is 0.308 e. The van der Waals surface area contributed by atoms with Crippen molar-refractivity contribution in [3.63, 3.8) is 0 Å². The molecule has 1 aliphatic rings. The number of esters is 1. The average Bonchev–Trinajstić information content (AvgIpc) is 2.75. The van der Waals surface area contributed by atoms with E-state index in [1.54, 1.807) is 32.1 Å². The molecule has 0 saturated heterocycles. The van der Waals surface area contributed by atoms with E-state index < -0.39 is 42.1 Å². The third kappa shape index (κ3) is 9.60. The first-order valence-corrected chi connectivity index (χ1v) is 12.4. The maximum atomic E-state index is 12.6. The molecule has 3 N–H and O–H groups in total. The Labute approximate surface area is 204 Å². The summed E-state index contributed by atoms with van der Waals surface area (Å²) in [7, 11) is 0. The number of hydrogen-bond donors (Lipinski definition) is 3. The Kier molecular flexibility index (Phi) is 12.5. The van der Waals surface area contributed by atoms with Crippen molar-refractivity contribution < 1.29 is 29.6 Å². The van der Waals surface area contributed by atoms with Crippen molar-refractivity contribution in [1.29, 1.82) is 5.26 Å². The van der Waals surface area contributed by atoms with E-state index in [1.807, 2.05) is 13.8 Å². The minimum atomic E-state index is -0.979. The zero-order chi connectivity index (χ0) is 26.0. The molecule has 0 fully saturated rings. The molecule has 7 nitrogen and oxygen atoms in total. The molecule has 0 saturated carbocycles. The zero-order valence-corrected chi connectivity index (χ0v) is 21.5. The van der Waals surface area contributed by atoms with Gasteiger partial charge in [0, 0.05) is 12.3 Å². The molecule has 34 heavy (non-hydrogen) atoms. The van der Waals surface area contributed by atoms with E-state index in [1.165, 1.54) is 0 Å². The van der Waals surface area contributed by atoms with Gasteiger partial charge in [0.1, 0.15) is 6.10 Å². The van der Waals surface area contributed by atoms with Crippen LogP contribution in [0, 0.1) is 46.8 Å². The molecular formula is C27H43NO6. The van der Waals surface area contributed by atoms with E-state index in [4.69, 9.17) is 4.74 Å². The molecule has 7 heteroatoms. The van der Waals surface area contributed by atoms with Crippen LogP contribution >= 0.6 is 0 Å². The Morgan fingerprint density at radius 2 is 1.68 bits per heavy atom. The lowest BCUT2D eigenvalue weighted by molar-refractivity contribution is -0.159. The summed E-state index contributed by atoms with van der Waals surface area (Å²) in [5.74, 6) is -2.26. The van der Waals surface area contributed by atoms with Gasteiger partial charge in [-0.3, -0.25) is 9.59 Å². The molecule has 0 aromatic heterocycles. The molecule has 0 radical (unpaired) electrons. The van der Waals surface area contributed by atoms with Crippen LogP contribution in [0.1, 0.15) is 73.6 Å². The fourth-order valence-electron chi connectivity index (χ4n) is 4.83. The van der Waals surface area contributed by atoms with Crippen molar-refractivity contribution in [2.24, 2.45) is 35.5 Å². The maximum Gasteiger partial charge on any atom is 0.308 e. The van der Waals surface area contributed by atoms with Crippen molar-refractivity contribution in [3.8, 4) is 6.07 Å². The lowest BCUT2D eigenvalue weighted by atomic mass is 9.82. The average molecular weight is 478 g/mol. The summed E-state index contributed by atoms with van der Waals surface area (Å²) in [5.41, 5.74) is 0.266. The minimum Gasteiger partial charge on any atom is -0.481 e. The Balaban J connectivity index is 3.22. The number of aliphatic hydroxyl groups excluding tert-OH is 2. The Hall–Kier alpha value is -2.17. The number of aliphatic hydroxyl groups is 2. The largest absolute Gasteiger partial charge is 0.481 e. The van der Waals surface area contributed by atoms with E-state index >= 15 is 0 Å². The van der Waals surface area contributed by atoms with Gasteiger partial charge in [-0.05, 0) is 49.0 Å². The Bertz CT molecular complexity index is 770. The fourth-order valence-corrected chi connectivity index (χ4v) is 4.83. The van der Waals surface area contributed by atoms with E-state index in [-0.39, 0.29) is 30.3 Å². The molecule has 0 aromatic carbocycles. The van der Waals surface area contributed by atoms with Gasteiger partial charge in [-0.25, -0.2) is 0 Å². The second-order valence-electron chi connectivity index (χ2n) is 10.5. The van der Waals surface area contributed by atoms with Gasteiger partial charge in [-0.2, -0.15) is 5.26 Å². The van der Waals surface area contributed by atoms with Gasteiger partial charge in [-0.15, -0.1) is 0 Å². The van der Waals surface area contributed by atoms with Gasteiger partial charge in [0.15, 0.2) is 0 Å². The molecule has 0 aromatic rings. The highest BCUT2D eigenvalue weighted by atomic mass is 16.5. The van der Waals surface area contributed by atoms with Crippen LogP contribution in [0.4, 0.5) is 0 Å². The Morgan fingerprint density at radius 3 is 2.24 bits per heavy atom. The summed E-state index contributed by atoms with van der Waals surface area (Å²) >= 11 is 0. The molecule has 0 bridgehead atoms. The number of cyclic esters (lactones) is 1. The normalized spacial score (nSPS) is 37.0. The van der Waals surface area contributed by atoms with Crippen LogP contribution in [0.25, 0.3) is 0 Å². The summed E-state index contributed by atoms with van der Waals surface area (Å²) < 4.78 is 5.63. The number of hydrogen-bond acceptors (Lipinski definition) is 6. The number of carbonyl (C=O) groups is 2. The molecule has 0 amide bonds. The zero-order valence-electron chi connectivity index (χ0n) is 21.5. The van der Waals surface area contributed by atoms with Crippen LogP contribution in [-0.2, 0) is 14.3 Å². The van der Waals surface area contributed by atoms with Crippen molar-refractivity contribution in [3.05, 3.63) is 23.8 Å². The number of carboxylic acid groups (broad SMARTS) is 1. The van der Waals surface area contributed by atoms with Crippen molar-refractivity contribution in [1.82, 2.24) is 0 Å². The monoisotopic (exact) mass is 477 g/mol. The summed E-state index contributed by atoms with van der Waals surface area (Å²) in [6.07, 6.45) is 5.04. The molecule has 1 rings (SSSR count). The van der Waals surface area contributed by atoms with Crippen LogP contribution < -0.4 is 0 Å². The summed E-state index contributed by atoms with van der Waals surface area (Å²) in [6.45, 7) is 11.4. The molecular weight excluding hydrogens is 434 g/mol. The predicted octanol–water partition coefficient (Wildman–Crippen LogP) is 4.49. The molecule has 9 atom stereocenters. The SMILES string of the molecule is C[C@@H]1C[C@H](C)C[C@H](C)[C@@H](O)CC(=O)O[C@H]([C@H](C)[C@@H](C)C(=O)O)C/C=C/C=C(/C#N)[C@H](O)[C@@H](C)C1. The summed E-state index contributed by atoms with van der Waals surface area (Å²) in [6, 6.07) is 2.08. The highest BCUT2D eigenvalue weighted by Gasteiger charge is 2.31. The van der Waals surface area contributed by atoms with Crippen LogP contribution in [0.5, 0.6) is 0 Å². The molecule has 0 unspecified atom stereocenters. The number of carboxylic acids is 1. The van der Waals surface area contributed by atoms with Crippen LogP contribution in [-0.4, -0.2) is 45.6 Å². The number of allylic oxidation sites excluding steroid dienone is 2. The lowest BCUT2D eigenvalue weighted by Gasteiger charge is -2.28. The fraction of sp³-hybridized carbons (Fsp3) is 0.741.